The Balaban J connectivity index is 2.38. The van der Waals surface area contributed by atoms with Crippen LogP contribution in [0.1, 0.15) is 17.2 Å². The average Bonchev–Trinajstić information content (AvgIpc) is 2.29. The fourth-order valence-corrected chi connectivity index (χ4v) is 1.84. The van der Waals surface area contributed by atoms with Crippen LogP contribution in [-0.4, -0.2) is 19.8 Å². The number of hydrogen-bond acceptors (Lipinski definition) is 2. The van der Waals surface area contributed by atoms with Gasteiger partial charge in [-0.15, -0.1) is 0 Å². The van der Waals surface area contributed by atoms with Crippen molar-refractivity contribution in [3.8, 4) is 0 Å². The summed E-state index contributed by atoms with van der Waals surface area (Å²) in [4.78, 5) is 0. The predicted molar refractivity (Wildman–Crippen MR) is 53.0 cm³/mol. The Labute approximate surface area is 95.6 Å². The second kappa shape index (κ2) is 4.62. The molecule has 1 saturated heterocycles. The molecule has 17 heavy (non-hydrogen) atoms. The van der Waals surface area contributed by atoms with Crippen molar-refractivity contribution < 1.29 is 22.3 Å². The van der Waals surface area contributed by atoms with Crippen molar-refractivity contribution in [2.75, 3.05) is 19.8 Å². The van der Waals surface area contributed by atoms with Gasteiger partial charge in [0.2, 0.25) is 0 Å². The largest absolute Gasteiger partial charge is 0.416 e. The number of halogens is 4. The fourth-order valence-electron chi connectivity index (χ4n) is 1.84. The van der Waals surface area contributed by atoms with Gasteiger partial charge < -0.3 is 10.1 Å². The Bertz CT molecular complexity index is 399. The van der Waals surface area contributed by atoms with Crippen molar-refractivity contribution in [2.45, 2.75) is 12.2 Å². The van der Waals surface area contributed by atoms with Crippen molar-refractivity contribution in [3.05, 3.63) is 35.1 Å². The minimum absolute atomic E-state index is 0.0265. The molecule has 0 saturated carbocycles. The number of rotatable bonds is 1. The van der Waals surface area contributed by atoms with E-state index in [0.717, 1.165) is 12.1 Å². The molecule has 0 aromatic heterocycles. The summed E-state index contributed by atoms with van der Waals surface area (Å²) in [5.41, 5.74) is -0.917. The topological polar surface area (TPSA) is 21.3 Å². The lowest BCUT2D eigenvalue weighted by Crippen LogP contribution is -2.35. The van der Waals surface area contributed by atoms with Crippen molar-refractivity contribution >= 4 is 0 Å². The molecule has 1 unspecified atom stereocenters. The molecule has 0 amide bonds. The normalized spacial score (nSPS) is 21.5. The average molecular weight is 249 g/mol. The molecule has 0 bridgehead atoms. The first kappa shape index (κ1) is 12.3. The van der Waals surface area contributed by atoms with E-state index in [4.69, 9.17) is 4.74 Å². The molecule has 1 aliphatic rings. The summed E-state index contributed by atoms with van der Waals surface area (Å²) in [6, 6.07) is 2.16. The van der Waals surface area contributed by atoms with E-state index in [-0.39, 0.29) is 12.2 Å². The van der Waals surface area contributed by atoms with E-state index in [9.17, 15) is 17.6 Å². The minimum Gasteiger partial charge on any atom is -0.378 e. The van der Waals surface area contributed by atoms with Gasteiger partial charge in [0.15, 0.2) is 0 Å². The Kier molecular flexibility index (Phi) is 3.35. The lowest BCUT2D eigenvalue weighted by Gasteiger charge is -2.26. The highest BCUT2D eigenvalue weighted by Crippen LogP contribution is 2.35. The van der Waals surface area contributed by atoms with Crippen LogP contribution in [0.2, 0.25) is 0 Å². The smallest absolute Gasteiger partial charge is 0.378 e. The Hall–Kier alpha value is -1.14. The van der Waals surface area contributed by atoms with Gasteiger partial charge in [-0.25, -0.2) is 4.39 Å². The third kappa shape index (κ3) is 2.76. The molecule has 1 heterocycles. The highest BCUT2D eigenvalue weighted by molar-refractivity contribution is 5.33. The zero-order valence-electron chi connectivity index (χ0n) is 8.85. The van der Waals surface area contributed by atoms with Crippen molar-refractivity contribution in [3.63, 3.8) is 0 Å². The summed E-state index contributed by atoms with van der Waals surface area (Å²) >= 11 is 0. The van der Waals surface area contributed by atoms with Crippen LogP contribution in [0.5, 0.6) is 0 Å². The van der Waals surface area contributed by atoms with E-state index in [2.05, 4.69) is 5.32 Å². The fraction of sp³-hybridized carbons (Fsp3) is 0.455. The van der Waals surface area contributed by atoms with E-state index >= 15 is 0 Å². The Morgan fingerprint density at radius 3 is 2.65 bits per heavy atom. The third-order valence-corrected chi connectivity index (χ3v) is 2.62. The standard InChI is InChI=1S/C11H11F4NO/c12-7-1-2-8(9(5-7)11(13,14)15)10-6-17-4-3-16-10/h1-2,5,10,16H,3-4,6H2. The number of nitrogens with one attached hydrogen (secondary N) is 1. The van der Waals surface area contributed by atoms with Gasteiger partial charge in [0.25, 0.3) is 0 Å². The molecule has 0 aliphatic carbocycles. The van der Waals surface area contributed by atoms with Crippen LogP contribution in [0, 0.1) is 5.82 Å². The van der Waals surface area contributed by atoms with Gasteiger partial charge in [-0.2, -0.15) is 13.2 Å². The van der Waals surface area contributed by atoms with Gasteiger partial charge in [0, 0.05) is 6.54 Å². The summed E-state index contributed by atoms with van der Waals surface area (Å²) in [7, 11) is 0. The first-order valence-corrected chi connectivity index (χ1v) is 5.16. The number of hydrogen-bond donors (Lipinski definition) is 1. The van der Waals surface area contributed by atoms with Gasteiger partial charge >= 0.3 is 6.18 Å². The molecule has 6 heteroatoms. The van der Waals surface area contributed by atoms with E-state index in [1.54, 1.807) is 0 Å². The summed E-state index contributed by atoms with van der Waals surface area (Å²) in [6.45, 7) is 1.12. The molecule has 1 fully saturated rings. The summed E-state index contributed by atoms with van der Waals surface area (Å²) in [5, 5.41) is 2.92. The van der Waals surface area contributed by atoms with Crippen LogP contribution in [0.25, 0.3) is 0 Å². The summed E-state index contributed by atoms with van der Waals surface area (Å²) in [6.07, 6.45) is -4.56. The van der Waals surface area contributed by atoms with Crippen LogP contribution >= 0.6 is 0 Å². The van der Waals surface area contributed by atoms with E-state index in [0.29, 0.717) is 19.2 Å². The SMILES string of the molecule is Fc1ccc(C2COCCN2)c(C(F)(F)F)c1. The lowest BCUT2D eigenvalue weighted by atomic mass is 9.99. The van der Waals surface area contributed by atoms with Crippen molar-refractivity contribution in [1.82, 2.24) is 5.32 Å². The van der Waals surface area contributed by atoms with Crippen LogP contribution in [0.3, 0.4) is 0 Å². The molecule has 0 spiro atoms. The van der Waals surface area contributed by atoms with Crippen LogP contribution < -0.4 is 5.32 Å². The van der Waals surface area contributed by atoms with Gasteiger partial charge in [-0.3, -0.25) is 0 Å². The zero-order valence-corrected chi connectivity index (χ0v) is 8.85. The minimum atomic E-state index is -4.56. The molecule has 1 atom stereocenters. The highest BCUT2D eigenvalue weighted by Gasteiger charge is 2.36. The van der Waals surface area contributed by atoms with Gasteiger partial charge in [-0.05, 0) is 17.7 Å². The monoisotopic (exact) mass is 249 g/mol. The van der Waals surface area contributed by atoms with Gasteiger partial charge in [-0.1, -0.05) is 6.07 Å². The number of ether oxygens (including phenoxy) is 1. The maximum atomic E-state index is 12.9. The zero-order chi connectivity index (χ0) is 12.5. The summed E-state index contributed by atoms with van der Waals surface area (Å²) < 4.78 is 56.2. The van der Waals surface area contributed by atoms with Crippen LogP contribution in [-0.2, 0) is 10.9 Å². The molecule has 1 N–H and O–H groups in total. The lowest BCUT2D eigenvalue weighted by molar-refractivity contribution is -0.138. The quantitative estimate of drug-likeness (QED) is 0.772. The molecule has 1 aliphatic heterocycles. The molecule has 0 radical (unpaired) electrons. The Morgan fingerprint density at radius 1 is 1.29 bits per heavy atom. The molecule has 2 nitrogen and oxygen atoms in total. The van der Waals surface area contributed by atoms with E-state index in [1.807, 2.05) is 0 Å². The highest BCUT2D eigenvalue weighted by atomic mass is 19.4. The first-order chi connectivity index (χ1) is 7.98. The van der Waals surface area contributed by atoms with Crippen LogP contribution in [0.15, 0.2) is 18.2 Å². The second-order valence-corrected chi connectivity index (χ2v) is 3.81. The van der Waals surface area contributed by atoms with Crippen molar-refractivity contribution in [2.24, 2.45) is 0 Å². The predicted octanol–water partition coefficient (Wildman–Crippen LogP) is 2.51. The van der Waals surface area contributed by atoms with Crippen molar-refractivity contribution in [1.29, 1.82) is 0 Å². The molecule has 1 aromatic rings. The van der Waals surface area contributed by atoms with E-state index in [1.165, 1.54) is 0 Å². The molecular weight excluding hydrogens is 238 g/mol. The number of alkyl halides is 3. The first-order valence-electron chi connectivity index (χ1n) is 5.16. The van der Waals surface area contributed by atoms with Gasteiger partial charge in [0.1, 0.15) is 5.82 Å². The molecule has 1 aromatic carbocycles. The number of benzene rings is 1. The third-order valence-electron chi connectivity index (χ3n) is 2.62. The number of morpholine rings is 1. The van der Waals surface area contributed by atoms with Crippen LogP contribution in [0.4, 0.5) is 17.6 Å². The Morgan fingerprint density at radius 2 is 2.06 bits per heavy atom. The van der Waals surface area contributed by atoms with E-state index < -0.39 is 23.6 Å². The summed E-state index contributed by atoms with van der Waals surface area (Å²) in [5.74, 6) is -0.891. The maximum Gasteiger partial charge on any atom is 0.416 e. The molecule has 2 rings (SSSR count). The maximum absolute atomic E-state index is 12.9. The second-order valence-electron chi connectivity index (χ2n) is 3.81. The molecular formula is C11H11F4NO. The molecule has 94 valence electrons. The van der Waals surface area contributed by atoms with Gasteiger partial charge in [0.05, 0.1) is 24.8 Å².